The molecule has 1 aliphatic rings. The van der Waals surface area contributed by atoms with E-state index in [0.29, 0.717) is 5.56 Å². The van der Waals surface area contributed by atoms with Crippen molar-refractivity contribution in [1.82, 2.24) is 4.98 Å². The van der Waals surface area contributed by atoms with Crippen molar-refractivity contribution in [3.63, 3.8) is 0 Å². The van der Waals surface area contributed by atoms with Crippen molar-refractivity contribution < 1.29 is 14.3 Å². The zero-order valence-electron chi connectivity index (χ0n) is 12.2. The molecule has 0 saturated heterocycles. The lowest BCUT2D eigenvalue weighted by Crippen LogP contribution is -2.16. The number of benzene rings is 1. The molecule has 1 aromatic heterocycles. The van der Waals surface area contributed by atoms with Crippen LogP contribution in [0.25, 0.3) is 5.57 Å². The predicted molar refractivity (Wildman–Crippen MR) is 91.9 cm³/mol. The second kappa shape index (κ2) is 6.08. The van der Waals surface area contributed by atoms with Crippen molar-refractivity contribution in [3.05, 3.63) is 63.0 Å². The number of fused-ring (bicyclic) bond motifs is 1. The van der Waals surface area contributed by atoms with Gasteiger partial charge in [-0.25, -0.2) is 9.78 Å². The third-order valence-corrected chi connectivity index (χ3v) is 4.31. The quantitative estimate of drug-likeness (QED) is 0.433. The fourth-order valence-electron chi connectivity index (χ4n) is 2.47. The Morgan fingerprint density at radius 1 is 1.32 bits per heavy atom. The number of nitrogens with zero attached hydrogens (tertiary/aromatic N) is 1. The summed E-state index contributed by atoms with van der Waals surface area (Å²) in [5, 5.41) is 0. The smallest absolute Gasteiger partial charge is 0.337 e. The van der Waals surface area contributed by atoms with Gasteiger partial charge in [0.05, 0.1) is 12.7 Å². The minimum Gasteiger partial charge on any atom is -0.486 e. The molecular formula is C17H14INO3. The lowest BCUT2D eigenvalue weighted by atomic mass is 9.93. The molecule has 0 aliphatic carbocycles. The standard InChI is InChI=1S/C17H14INO3/c1-10-8-13(12-4-3-7-19-16(12)18)14-9-11(17(20)21-2)5-6-15(14)22-10/h3-10H,1-2H3. The molecule has 0 amide bonds. The highest BCUT2D eigenvalue weighted by Crippen LogP contribution is 2.37. The van der Waals surface area contributed by atoms with E-state index in [-0.39, 0.29) is 12.1 Å². The maximum absolute atomic E-state index is 11.8. The normalized spacial score (nSPS) is 16.3. The SMILES string of the molecule is COC(=O)c1ccc2c(c1)C(c1cccnc1I)=CC(C)O2. The monoisotopic (exact) mass is 407 g/mol. The van der Waals surface area contributed by atoms with E-state index in [9.17, 15) is 4.79 Å². The second-order valence-corrected chi connectivity index (χ2v) is 5.97. The van der Waals surface area contributed by atoms with Crippen LogP contribution in [0.15, 0.2) is 42.6 Å². The van der Waals surface area contributed by atoms with Crippen LogP contribution in [0.4, 0.5) is 0 Å². The molecule has 2 heterocycles. The summed E-state index contributed by atoms with van der Waals surface area (Å²) in [5.74, 6) is 0.402. The summed E-state index contributed by atoms with van der Waals surface area (Å²) in [5.41, 5.74) is 3.44. The van der Waals surface area contributed by atoms with Gasteiger partial charge < -0.3 is 9.47 Å². The van der Waals surface area contributed by atoms with E-state index in [1.54, 1.807) is 12.3 Å². The summed E-state index contributed by atoms with van der Waals surface area (Å²) in [6.45, 7) is 1.99. The van der Waals surface area contributed by atoms with Crippen LogP contribution in [-0.4, -0.2) is 24.2 Å². The minimum absolute atomic E-state index is 0.0394. The van der Waals surface area contributed by atoms with Crippen molar-refractivity contribution in [2.45, 2.75) is 13.0 Å². The third kappa shape index (κ3) is 2.72. The summed E-state index contributed by atoms with van der Waals surface area (Å²) >= 11 is 2.21. The van der Waals surface area contributed by atoms with E-state index in [4.69, 9.17) is 9.47 Å². The first kappa shape index (κ1) is 15.0. The Hall–Kier alpha value is -1.89. The van der Waals surface area contributed by atoms with Gasteiger partial charge in [0.1, 0.15) is 15.6 Å². The number of halogens is 1. The molecule has 0 radical (unpaired) electrons. The van der Waals surface area contributed by atoms with E-state index in [0.717, 1.165) is 26.2 Å². The Morgan fingerprint density at radius 2 is 2.14 bits per heavy atom. The van der Waals surface area contributed by atoms with E-state index in [1.807, 2.05) is 37.3 Å². The lowest BCUT2D eigenvalue weighted by molar-refractivity contribution is 0.0600. The Labute approximate surface area is 142 Å². The number of pyridine rings is 1. The molecule has 0 fully saturated rings. The summed E-state index contributed by atoms with van der Waals surface area (Å²) in [4.78, 5) is 16.1. The highest BCUT2D eigenvalue weighted by atomic mass is 127. The van der Waals surface area contributed by atoms with Crippen LogP contribution in [0, 0.1) is 3.70 Å². The topological polar surface area (TPSA) is 48.4 Å². The Bertz CT molecular complexity index is 770. The van der Waals surface area contributed by atoms with Gasteiger partial charge >= 0.3 is 5.97 Å². The highest BCUT2D eigenvalue weighted by Gasteiger charge is 2.22. The minimum atomic E-state index is -0.360. The highest BCUT2D eigenvalue weighted by molar-refractivity contribution is 14.1. The molecule has 3 rings (SSSR count). The first-order chi connectivity index (χ1) is 10.6. The molecule has 0 bridgehead atoms. The molecular weight excluding hydrogens is 393 g/mol. The predicted octanol–water partition coefficient (Wildman–Crippen LogP) is 3.69. The van der Waals surface area contributed by atoms with E-state index >= 15 is 0 Å². The van der Waals surface area contributed by atoms with Crippen molar-refractivity contribution in [1.29, 1.82) is 0 Å². The van der Waals surface area contributed by atoms with Crippen LogP contribution >= 0.6 is 22.6 Å². The van der Waals surface area contributed by atoms with Crippen LogP contribution < -0.4 is 4.74 Å². The second-order valence-electron chi connectivity index (χ2n) is 4.95. The number of carbonyl (C=O) groups excluding carboxylic acids is 1. The average molecular weight is 407 g/mol. The van der Waals surface area contributed by atoms with E-state index in [1.165, 1.54) is 7.11 Å². The number of rotatable bonds is 2. The van der Waals surface area contributed by atoms with Crippen molar-refractivity contribution in [2.75, 3.05) is 7.11 Å². The zero-order valence-corrected chi connectivity index (χ0v) is 14.3. The Kier molecular flexibility index (Phi) is 4.15. The number of esters is 1. The third-order valence-electron chi connectivity index (χ3n) is 3.45. The maximum Gasteiger partial charge on any atom is 0.337 e. The molecule has 112 valence electrons. The molecule has 2 aromatic rings. The molecule has 0 spiro atoms. The summed E-state index contributed by atoms with van der Waals surface area (Å²) in [6.07, 6.45) is 3.77. The molecule has 0 N–H and O–H groups in total. The maximum atomic E-state index is 11.8. The number of hydrogen-bond acceptors (Lipinski definition) is 4. The molecule has 4 nitrogen and oxygen atoms in total. The number of ether oxygens (including phenoxy) is 2. The number of carbonyl (C=O) groups is 1. The van der Waals surface area contributed by atoms with Gasteiger partial charge in [-0.2, -0.15) is 0 Å². The van der Waals surface area contributed by atoms with Gasteiger partial charge in [-0.15, -0.1) is 0 Å². The van der Waals surface area contributed by atoms with Crippen molar-refractivity contribution in [2.24, 2.45) is 0 Å². The molecule has 0 saturated carbocycles. The molecule has 1 aromatic carbocycles. The molecule has 5 heteroatoms. The summed E-state index contributed by atoms with van der Waals surface area (Å²) in [7, 11) is 1.38. The van der Waals surface area contributed by atoms with Crippen LogP contribution in [0.5, 0.6) is 5.75 Å². The van der Waals surface area contributed by atoms with Gasteiger partial charge in [-0.3, -0.25) is 0 Å². The fraction of sp³-hybridized carbons (Fsp3) is 0.176. The molecule has 1 atom stereocenters. The number of aromatic nitrogens is 1. The van der Waals surface area contributed by atoms with E-state index < -0.39 is 0 Å². The van der Waals surface area contributed by atoms with Crippen LogP contribution in [0.1, 0.15) is 28.4 Å². The van der Waals surface area contributed by atoms with Gasteiger partial charge in [0.2, 0.25) is 0 Å². The van der Waals surface area contributed by atoms with Crippen molar-refractivity contribution in [3.8, 4) is 5.75 Å². The first-order valence-corrected chi connectivity index (χ1v) is 7.90. The average Bonchev–Trinajstić information content (AvgIpc) is 2.53. The Balaban J connectivity index is 2.16. The van der Waals surface area contributed by atoms with Crippen LogP contribution in [-0.2, 0) is 4.74 Å². The fourth-order valence-corrected chi connectivity index (χ4v) is 3.10. The Morgan fingerprint density at radius 3 is 2.86 bits per heavy atom. The molecule has 22 heavy (non-hydrogen) atoms. The van der Waals surface area contributed by atoms with Gasteiger partial charge in [0.25, 0.3) is 0 Å². The molecule has 1 unspecified atom stereocenters. The molecule has 1 aliphatic heterocycles. The van der Waals surface area contributed by atoms with Crippen LogP contribution in [0.3, 0.4) is 0 Å². The van der Waals surface area contributed by atoms with Gasteiger partial charge in [-0.1, -0.05) is 6.07 Å². The van der Waals surface area contributed by atoms with Crippen molar-refractivity contribution >= 4 is 34.1 Å². The van der Waals surface area contributed by atoms with Gasteiger partial charge in [0, 0.05) is 17.3 Å². The van der Waals surface area contributed by atoms with Gasteiger partial charge in [-0.05, 0) is 65.4 Å². The summed E-state index contributed by atoms with van der Waals surface area (Å²) in [6, 6.07) is 9.26. The van der Waals surface area contributed by atoms with Crippen LogP contribution in [0.2, 0.25) is 0 Å². The zero-order chi connectivity index (χ0) is 15.7. The number of hydrogen-bond donors (Lipinski definition) is 0. The number of methoxy groups -OCH3 is 1. The van der Waals surface area contributed by atoms with Gasteiger partial charge in [0.15, 0.2) is 0 Å². The lowest BCUT2D eigenvalue weighted by Gasteiger charge is -2.24. The largest absolute Gasteiger partial charge is 0.486 e. The first-order valence-electron chi connectivity index (χ1n) is 6.82. The summed E-state index contributed by atoms with van der Waals surface area (Å²) < 4.78 is 11.6. The van der Waals surface area contributed by atoms with E-state index in [2.05, 4.69) is 27.6 Å².